The van der Waals surface area contributed by atoms with Crippen LogP contribution < -0.4 is 10.6 Å². The lowest BCUT2D eigenvalue weighted by molar-refractivity contribution is -0.0828. The maximum Gasteiger partial charge on any atom is 0.191 e. The van der Waals surface area contributed by atoms with Gasteiger partial charge in [-0.15, -0.1) is 24.0 Å². The molecule has 0 bridgehead atoms. The molecule has 1 saturated heterocycles. The number of aromatic nitrogens is 3. The fraction of sp³-hybridized carbons (Fsp3) is 0.842. The summed E-state index contributed by atoms with van der Waals surface area (Å²) in [7, 11) is 1.78. The van der Waals surface area contributed by atoms with E-state index < -0.39 is 0 Å². The molecule has 9 heteroatoms. The summed E-state index contributed by atoms with van der Waals surface area (Å²) < 4.78 is 13.3. The Hall–Kier alpha value is -0.940. The van der Waals surface area contributed by atoms with E-state index in [4.69, 9.17) is 14.5 Å². The highest BCUT2D eigenvalue weighted by atomic mass is 127. The lowest BCUT2D eigenvalue weighted by atomic mass is 9.94. The molecule has 1 fully saturated rings. The van der Waals surface area contributed by atoms with Crippen LogP contribution in [-0.4, -0.2) is 65.8 Å². The van der Waals surface area contributed by atoms with Gasteiger partial charge in [-0.3, -0.25) is 4.99 Å². The van der Waals surface area contributed by atoms with E-state index in [-0.39, 0.29) is 29.6 Å². The van der Waals surface area contributed by atoms with Gasteiger partial charge in [-0.2, -0.15) is 5.10 Å². The van der Waals surface area contributed by atoms with Crippen LogP contribution in [0.3, 0.4) is 0 Å². The van der Waals surface area contributed by atoms with Crippen molar-refractivity contribution in [3.05, 3.63) is 11.6 Å². The number of aryl methyl sites for hydroxylation is 1. The smallest absolute Gasteiger partial charge is 0.191 e. The molecule has 3 heterocycles. The number of halogens is 1. The fourth-order valence-corrected chi connectivity index (χ4v) is 3.60. The van der Waals surface area contributed by atoms with Crippen LogP contribution in [0.25, 0.3) is 0 Å². The average molecular weight is 506 g/mol. The zero-order chi connectivity index (χ0) is 19.3. The van der Waals surface area contributed by atoms with E-state index in [1.807, 2.05) is 0 Å². The summed E-state index contributed by atoms with van der Waals surface area (Å²) in [6.45, 7) is 10.1. The van der Waals surface area contributed by atoms with Gasteiger partial charge in [0.25, 0.3) is 0 Å². The molecule has 0 amide bonds. The van der Waals surface area contributed by atoms with Crippen molar-refractivity contribution in [2.24, 2.45) is 4.99 Å². The molecule has 0 radical (unpaired) electrons. The van der Waals surface area contributed by atoms with E-state index in [0.29, 0.717) is 18.5 Å². The molecule has 1 aromatic heterocycles. The van der Waals surface area contributed by atoms with E-state index in [1.165, 1.54) is 0 Å². The zero-order valence-corrected chi connectivity index (χ0v) is 19.9. The standard InChI is InChI=1S/C19H34N6O2.HI/c1-5-20-18(21-13-19(26-4)8-10-27-11-9-19)22-15-6-7-16-23-17(14(2)3)24-25(16)12-15;/h14-15H,5-13H2,1-4H3,(H2,20,21,22);1H. The molecule has 28 heavy (non-hydrogen) atoms. The van der Waals surface area contributed by atoms with Gasteiger partial charge in [0.1, 0.15) is 5.82 Å². The molecular weight excluding hydrogens is 471 g/mol. The van der Waals surface area contributed by atoms with Crippen molar-refractivity contribution in [3.8, 4) is 0 Å². The van der Waals surface area contributed by atoms with Crippen molar-refractivity contribution in [3.63, 3.8) is 0 Å². The Bertz CT molecular complexity index is 642. The van der Waals surface area contributed by atoms with E-state index in [0.717, 1.165) is 69.6 Å². The van der Waals surface area contributed by atoms with E-state index in [1.54, 1.807) is 7.11 Å². The summed E-state index contributed by atoms with van der Waals surface area (Å²) in [6.07, 6.45) is 3.74. The third-order valence-corrected chi connectivity index (χ3v) is 5.44. The van der Waals surface area contributed by atoms with E-state index in [2.05, 4.69) is 46.2 Å². The fourth-order valence-electron chi connectivity index (χ4n) is 3.60. The minimum atomic E-state index is -0.210. The molecule has 2 aliphatic heterocycles. The number of hydrogen-bond donors (Lipinski definition) is 2. The number of fused-ring (bicyclic) bond motifs is 1. The van der Waals surface area contributed by atoms with Crippen LogP contribution in [0, 0.1) is 0 Å². The summed E-state index contributed by atoms with van der Waals surface area (Å²) in [4.78, 5) is 9.50. The third-order valence-electron chi connectivity index (χ3n) is 5.44. The lowest BCUT2D eigenvalue weighted by Gasteiger charge is -2.35. The van der Waals surface area contributed by atoms with E-state index in [9.17, 15) is 0 Å². The molecule has 0 aliphatic carbocycles. The van der Waals surface area contributed by atoms with Gasteiger partial charge >= 0.3 is 0 Å². The molecule has 0 spiro atoms. The van der Waals surface area contributed by atoms with Crippen molar-refractivity contribution in [2.75, 3.05) is 33.4 Å². The van der Waals surface area contributed by atoms with Gasteiger partial charge in [-0.1, -0.05) is 13.8 Å². The lowest BCUT2D eigenvalue weighted by Crippen LogP contribution is -2.48. The third kappa shape index (κ3) is 5.79. The maximum absolute atomic E-state index is 5.80. The number of aliphatic imine (C=N–C) groups is 1. The first-order valence-corrected chi connectivity index (χ1v) is 10.2. The van der Waals surface area contributed by atoms with Gasteiger partial charge in [0, 0.05) is 58.1 Å². The van der Waals surface area contributed by atoms with Crippen LogP contribution in [-0.2, 0) is 22.4 Å². The van der Waals surface area contributed by atoms with Crippen LogP contribution in [0.1, 0.15) is 57.6 Å². The van der Waals surface area contributed by atoms with Crippen LogP contribution >= 0.6 is 24.0 Å². The normalized spacial score (nSPS) is 21.8. The Kier molecular flexibility index (Phi) is 8.94. The SMILES string of the molecule is CCNC(=NCC1(OC)CCOCC1)NC1CCc2nc(C(C)C)nn2C1.I. The largest absolute Gasteiger partial charge is 0.381 e. The highest BCUT2D eigenvalue weighted by Gasteiger charge is 2.32. The van der Waals surface area contributed by atoms with Crippen molar-refractivity contribution in [1.82, 2.24) is 25.4 Å². The number of ether oxygens (including phenoxy) is 2. The van der Waals surface area contributed by atoms with Gasteiger partial charge in [-0.05, 0) is 13.3 Å². The van der Waals surface area contributed by atoms with Crippen molar-refractivity contribution < 1.29 is 9.47 Å². The molecular formula is C19H35IN6O2. The first-order chi connectivity index (χ1) is 13.0. The van der Waals surface area contributed by atoms with Gasteiger partial charge in [0.05, 0.1) is 18.7 Å². The second-order valence-corrected chi connectivity index (χ2v) is 7.80. The minimum absolute atomic E-state index is 0. The summed E-state index contributed by atoms with van der Waals surface area (Å²) in [6, 6.07) is 0.296. The maximum atomic E-state index is 5.80. The Morgan fingerprint density at radius 3 is 2.79 bits per heavy atom. The highest BCUT2D eigenvalue weighted by molar-refractivity contribution is 14.0. The van der Waals surface area contributed by atoms with E-state index >= 15 is 0 Å². The first kappa shape index (κ1) is 23.3. The number of methoxy groups -OCH3 is 1. The molecule has 8 nitrogen and oxygen atoms in total. The van der Waals surface area contributed by atoms with Crippen molar-refractivity contribution in [1.29, 1.82) is 0 Å². The topological polar surface area (TPSA) is 85.6 Å². The van der Waals surface area contributed by atoms with Crippen molar-refractivity contribution >= 4 is 29.9 Å². The van der Waals surface area contributed by atoms with Crippen LogP contribution in [0.4, 0.5) is 0 Å². The molecule has 1 atom stereocenters. The first-order valence-electron chi connectivity index (χ1n) is 10.2. The molecule has 1 unspecified atom stereocenters. The Balaban J connectivity index is 0.00000280. The van der Waals surface area contributed by atoms with Gasteiger partial charge in [0.2, 0.25) is 0 Å². The molecule has 0 aromatic carbocycles. The zero-order valence-electron chi connectivity index (χ0n) is 17.5. The predicted molar refractivity (Wildman–Crippen MR) is 121 cm³/mol. The van der Waals surface area contributed by atoms with Crippen LogP contribution in [0.15, 0.2) is 4.99 Å². The predicted octanol–water partition coefficient (Wildman–Crippen LogP) is 2.08. The molecule has 160 valence electrons. The van der Waals surface area contributed by atoms with Crippen LogP contribution in [0.5, 0.6) is 0 Å². The number of nitrogens with one attached hydrogen (secondary N) is 2. The summed E-state index contributed by atoms with van der Waals surface area (Å²) in [5, 5.41) is 11.6. The molecule has 2 N–H and O–H groups in total. The number of nitrogens with zero attached hydrogens (tertiary/aromatic N) is 4. The number of rotatable bonds is 6. The summed E-state index contributed by atoms with van der Waals surface area (Å²) in [5.41, 5.74) is -0.210. The van der Waals surface area contributed by atoms with Gasteiger partial charge < -0.3 is 20.1 Å². The highest BCUT2D eigenvalue weighted by Crippen LogP contribution is 2.24. The Morgan fingerprint density at radius 1 is 1.39 bits per heavy atom. The van der Waals surface area contributed by atoms with Gasteiger partial charge in [0.15, 0.2) is 11.8 Å². The molecule has 0 saturated carbocycles. The average Bonchev–Trinajstić information content (AvgIpc) is 3.11. The monoisotopic (exact) mass is 506 g/mol. The van der Waals surface area contributed by atoms with Gasteiger partial charge in [-0.25, -0.2) is 9.67 Å². The number of guanidine groups is 1. The second-order valence-electron chi connectivity index (χ2n) is 7.80. The number of hydrogen-bond acceptors (Lipinski definition) is 5. The Morgan fingerprint density at radius 2 is 2.14 bits per heavy atom. The summed E-state index contributed by atoms with van der Waals surface area (Å²) in [5.74, 6) is 3.24. The molecule has 1 aromatic rings. The molecule has 3 rings (SSSR count). The quantitative estimate of drug-likeness (QED) is 0.349. The van der Waals surface area contributed by atoms with Crippen molar-refractivity contribution in [2.45, 2.75) is 70.6 Å². The second kappa shape index (κ2) is 10.7. The summed E-state index contributed by atoms with van der Waals surface area (Å²) >= 11 is 0. The Labute approximate surface area is 185 Å². The molecule has 2 aliphatic rings. The van der Waals surface area contributed by atoms with Crippen LogP contribution in [0.2, 0.25) is 0 Å². The minimum Gasteiger partial charge on any atom is -0.381 e.